The van der Waals surface area contributed by atoms with E-state index in [-0.39, 0.29) is 49.6 Å². The lowest BCUT2D eigenvalue weighted by Crippen LogP contribution is -2.44. The molecule has 2 aromatic heterocycles. The predicted molar refractivity (Wildman–Crippen MR) is 268 cm³/mol. The Kier molecular flexibility index (Phi) is 18.9. The van der Waals surface area contributed by atoms with E-state index in [1.54, 1.807) is 62.2 Å². The van der Waals surface area contributed by atoms with Gasteiger partial charge in [0.25, 0.3) is 0 Å². The fraction of sp³-hybridized carbons (Fsp3) is 0.283. The Bertz CT molecular complexity index is 2930. The molecule has 0 fully saturated rings. The van der Waals surface area contributed by atoms with Gasteiger partial charge in [-0.3, -0.25) is 35.2 Å². The summed E-state index contributed by atoms with van der Waals surface area (Å²) < 4.78 is 25.2. The van der Waals surface area contributed by atoms with Crippen LogP contribution in [0, 0.1) is 25.2 Å². The SMILES string of the molecule is CN=Cc1cncc(COc2cc(OCc3cccc(-c4cccc(COc5cc(OCc6cncc(C#N)c6)c(CN[C@@H](C(=O)O)[C@@H](C)O)cc5Cl)c4C)c3C)c(Cl)cc2CN[C@@H](C(=O)O)[C@@H](C)O)c1. The van der Waals surface area contributed by atoms with Gasteiger partial charge in [0, 0.05) is 91.1 Å². The van der Waals surface area contributed by atoms with Gasteiger partial charge in [-0.2, -0.15) is 5.26 Å². The fourth-order valence-electron chi connectivity index (χ4n) is 7.62. The van der Waals surface area contributed by atoms with Gasteiger partial charge >= 0.3 is 11.9 Å². The summed E-state index contributed by atoms with van der Waals surface area (Å²) >= 11 is 13.6. The second kappa shape index (κ2) is 25.1. The van der Waals surface area contributed by atoms with E-state index in [9.17, 15) is 35.3 Å². The monoisotopic (exact) mass is 1000 g/mol. The standard InChI is InChI=1S/C53H54Cl2N6O10/c1-30-38(28-70-48-16-46(68-26-36-12-34(18-56)20-58-22-36)40(14-44(48)54)24-60-50(32(3)62)52(64)65)8-6-10-42(30)43-11-7-9-39(31(43)2)29-71-49-17-47(69-27-37-13-35(19-57-5)21-59-23-37)41(15-45(49)55)25-61-51(33(4)63)53(66)67/h6-17,19-23,32-33,50-51,60-63H,24-29H2,1-5H3,(H,64,65)(H,66,67)/t32-,33-,50-,51-/m1/s1. The highest BCUT2D eigenvalue weighted by Crippen LogP contribution is 2.37. The van der Waals surface area contributed by atoms with Gasteiger partial charge in [0.15, 0.2) is 0 Å². The van der Waals surface area contributed by atoms with Crippen molar-refractivity contribution >= 4 is 41.4 Å². The number of nitrogens with one attached hydrogen (secondary N) is 2. The zero-order valence-electron chi connectivity index (χ0n) is 39.7. The van der Waals surface area contributed by atoms with Crippen molar-refractivity contribution in [1.29, 1.82) is 5.26 Å². The molecule has 71 heavy (non-hydrogen) atoms. The van der Waals surface area contributed by atoms with Gasteiger partial charge in [0.1, 0.15) is 67.6 Å². The van der Waals surface area contributed by atoms with Crippen molar-refractivity contribution in [2.45, 2.75) is 91.5 Å². The van der Waals surface area contributed by atoms with Crippen LogP contribution in [0.25, 0.3) is 11.1 Å². The lowest BCUT2D eigenvalue weighted by Gasteiger charge is -2.20. The highest BCUT2D eigenvalue weighted by molar-refractivity contribution is 6.32. The number of aliphatic hydroxyl groups excluding tert-OH is 2. The highest BCUT2D eigenvalue weighted by Gasteiger charge is 2.25. The third-order valence-corrected chi connectivity index (χ3v) is 12.1. The van der Waals surface area contributed by atoms with Gasteiger partial charge in [-0.1, -0.05) is 59.6 Å². The normalized spacial score (nSPS) is 13.0. The van der Waals surface area contributed by atoms with Crippen LogP contribution >= 0.6 is 23.2 Å². The first kappa shape index (κ1) is 53.3. The average molecular weight is 1010 g/mol. The number of hydrogen-bond acceptors (Lipinski definition) is 14. The number of aromatic nitrogens is 2. The van der Waals surface area contributed by atoms with Crippen molar-refractivity contribution in [3.63, 3.8) is 0 Å². The van der Waals surface area contributed by atoms with Gasteiger partial charge < -0.3 is 39.4 Å². The number of halogens is 2. The lowest BCUT2D eigenvalue weighted by molar-refractivity contribution is -0.143. The minimum atomic E-state index is -1.25. The number of benzene rings is 4. The average Bonchev–Trinajstić information content (AvgIpc) is 3.33. The van der Waals surface area contributed by atoms with Crippen LogP contribution in [0.1, 0.15) is 69.5 Å². The number of rotatable bonds is 24. The minimum absolute atomic E-state index is 0.00365. The predicted octanol–water partition coefficient (Wildman–Crippen LogP) is 8.15. The van der Waals surface area contributed by atoms with E-state index in [2.05, 4.69) is 31.7 Å². The molecule has 0 radical (unpaired) electrons. The number of carbonyl (C=O) groups is 2. The molecule has 0 aliphatic heterocycles. The molecule has 0 aliphatic rings. The third kappa shape index (κ3) is 14.3. The quantitative estimate of drug-likeness (QED) is 0.0314. The Morgan fingerprint density at radius 3 is 1.55 bits per heavy atom. The summed E-state index contributed by atoms with van der Waals surface area (Å²) in [6.45, 7) is 7.26. The first-order chi connectivity index (χ1) is 34.1. The van der Waals surface area contributed by atoms with Gasteiger partial charge in [0.2, 0.25) is 0 Å². The maximum absolute atomic E-state index is 11.8. The molecule has 0 saturated carbocycles. The van der Waals surface area contributed by atoms with Crippen LogP contribution in [-0.2, 0) is 49.1 Å². The van der Waals surface area contributed by atoms with Crippen LogP contribution in [-0.4, -0.2) is 79.9 Å². The molecule has 370 valence electrons. The summed E-state index contributed by atoms with van der Waals surface area (Å²) in [6, 6.07) is 21.6. The fourth-order valence-corrected chi connectivity index (χ4v) is 8.10. The number of carboxylic acid groups (broad SMARTS) is 2. The number of nitriles is 1. The molecule has 2 heterocycles. The Hall–Kier alpha value is -7.10. The van der Waals surface area contributed by atoms with Crippen molar-refractivity contribution < 1.29 is 49.0 Å². The van der Waals surface area contributed by atoms with Crippen LogP contribution in [0.4, 0.5) is 0 Å². The summed E-state index contributed by atoms with van der Waals surface area (Å²) in [5.41, 5.74) is 9.26. The van der Waals surface area contributed by atoms with E-state index >= 15 is 0 Å². The maximum Gasteiger partial charge on any atom is 0.323 e. The molecule has 18 heteroatoms. The molecule has 0 unspecified atom stereocenters. The van der Waals surface area contributed by atoms with E-state index in [1.165, 1.54) is 20.0 Å². The number of aliphatic imine (C=N–C) groups is 1. The van der Waals surface area contributed by atoms with E-state index in [0.717, 1.165) is 44.5 Å². The second-order valence-corrected chi connectivity index (χ2v) is 17.5. The first-order valence-corrected chi connectivity index (χ1v) is 23.1. The molecule has 0 spiro atoms. The molecule has 4 aromatic carbocycles. The van der Waals surface area contributed by atoms with Crippen molar-refractivity contribution in [2.24, 2.45) is 4.99 Å². The minimum Gasteiger partial charge on any atom is -0.488 e. The number of aliphatic hydroxyl groups is 2. The zero-order valence-corrected chi connectivity index (χ0v) is 41.2. The largest absolute Gasteiger partial charge is 0.488 e. The second-order valence-electron chi connectivity index (χ2n) is 16.7. The van der Waals surface area contributed by atoms with E-state index in [0.29, 0.717) is 45.3 Å². The lowest BCUT2D eigenvalue weighted by atomic mass is 9.92. The van der Waals surface area contributed by atoms with Crippen LogP contribution in [0.5, 0.6) is 23.0 Å². The van der Waals surface area contributed by atoms with E-state index < -0.39 is 36.2 Å². The molecule has 0 aliphatic carbocycles. The summed E-state index contributed by atoms with van der Waals surface area (Å²) in [5, 5.41) is 55.1. The molecule has 16 nitrogen and oxygen atoms in total. The number of hydrogen-bond donors (Lipinski definition) is 6. The molecule has 6 rings (SSSR count). The topological polar surface area (TPSA) is 238 Å². The van der Waals surface area contributed by atoms with Gasteiger partial charge in [-0.15, -0.1) is 0 Å². The molecule has 4 atom stereocenters. The number of pyridine rings is 2. The summed E-state index contributed by atoms with van der Waals surface area (Å²) in [7, 11) is 1.67. The Labute approximate surface area is 421 Å². The Morgan fingerprint density at radius 2 is 1.11 bits per heavy atom. The van der Waals surface area contributed by atoms with Crippen molar-refractivity contribution in [3.05, 3.63) is 163 Å². The highest BCUT2D eigenvalue weighted by atomic mass is 35.5. The zero-order chi connectivity index (χ0) is 51.2. The first-order valence-electron chi connectivity index (χ1n) is 22.4. The van der Waals surface area contributed by atoms with Crippen molar-refractivity contribution in [1.82, 2.24) is 20.6 Å². The molecule has 0 bridgehead atoms. The maximum atomic E-state index is 11.8. The molecular formula is C53H54Cl2N6O10. The summed E-state index contributed by atoms with van der Waals surface area (Å²) in [5.74, 6) is -1.04. The third-order valence-electron chi connectivity index (χ3n) is 11.5. The smallest absolute Gasteiger partial charge is 0.323 e. The Morgan fingerprint density at radius 1 is 0.662 bits per heavy atom. The summed E-state index contributed by atoms with van der Waals surface area (Å²) in [4.78, 5) is 36.1. The summed E-state index contributed by atoms with van der Waals surface area (Å²) in [6.07, 6.45) is 5.71. The molecule has 0 amide bonds. The van der Waals surface area contributed by atoms with Crippen molar-refractivity contribution in [3.8, 4) is 40.2 Å². The molecule has 0 saturated heterocycles. The van der Waals surface area contributed by atoms with Crippen molar-refractivity contribution in [2.75, 3.05) is 7.05 Å². The van der Waals surface area contributed by atoms with Gasteiger partial charge in [0.05, 0.1) is 27.8 Å². The number of aliphatic carboxylic acids is 2. The number of carboxylic acids is 2. The van der Waals surface area contributed by atoms with Crippen LogP contribution in [0.3, 0.4) is 0 Å². The van der Waals surface area contributed by atoms with Gasteiger partial charge in [-0.25, -0.2) is 0 Å². The van der Waals surface area contributed by atoms with E-state index in [4.69, 9.17) is 42.1 Å². The van der Waals surface area contributed by atoms with E-state index in [1.807, 2.05) is 56.3 Å². The number of nitrogens with zero attached hydrogens (tertiary/aromatic N) is 4. The van der Waals surface area contributed by atoms with Crippen LogP contribution in [0.15, 0.2) is 103 Å². The van der Waals surface area contributed by atoms with Gasteiger partial charge in [-0.05, 0) is 85.3 Å². The Balaban J connectivity index is 1.21. The van der Waals surface area contributed by atoms with Crippen LogP contribution < -0.4 is 29.6 Å². The molecule has 6 N–H and O–H groups in total. The number of ether oxygens (including phenoxy) is 4. The molecular weight excluding hydrogens is 952 g/mol. The van der Waals surface area contributed by atoms with Crippen LogP contribution in [0.2, 0.25) is 10.0 Å². The molecule has 6 aromatic rings.